The predicted molar refractivity (Wildman–Crippen MR) is 219 cm³/mol. The van der Waals surface area contributed by atoms with Gasteiger partial charge in [-0.15, -0.1) is 0 Å². The molecule has 0 spiro atoms. The van der Waals surface area contributed by atoms with Crippen LogP contribution in [0.15, 0.2) is 12.2 Å². The lowest BCUT2D eigenvalue weighted by Crippen LogP contribution is -2.60. The van der Waals surface area contributed by atoms with Crippen LogP contribution in [0.2, 0.25) is 0 Å². The highest BCUT2D eigenvalue weighted by Gasteiger charge is 2.44. The van der Waals surface area contributed by atoms with Gasteiger partial charge in [0.1, 0.15) is 36.6 Å². The SMILES string of the molecule is CCCCCCCCCCCCCCCC/C=C/CCCC(O)C(O)C(COC1OC(CO)C(O)C(O)C1O)NC(=O)C(O)CCCCCCCCCCC. The van der Waals surface area contributed by atoms with Crippen LogP contribution in [0.1, 0.15) is 194 Å². The molecule has 0 aromatic carbocycles. The van der Waals surface area contributed by atoms with Gasteiger partial charge in [0.25, 0.3) is 0 Å². The Labute approximate surface area is 334 Å². The van der Waals surface area contributed by atoms with Gasteiger partial charge in [-0.3, -0.25) is 4.79 Å². The molecular formula is C44H85NO10. The summed E-state index contributed by atoms with van der Waals surface area (Å²) in [7, 11) is 0. The van der Waals surface area contributed by atoms with Crippen molar-refractivity contribution in [3.63, 3.8) is 0 Å². The lowest BCUT2D eigenvalue weighted by Gasteiger charge is -2.40. The van der Waals surface area contributed by atoms with Crippen molar-refractivity contribution in [3.8, 4) is 0 Å². The topological polar surface area (TPSA) is 189 Å². The molecule has 0 saturated carbocycles. The van der Waals surface area contributed by atoms with Gasteiger partial charge in [0.05, 0.1) is 25.4 Å². The molecule has 55 heavy (non-hydrogen) atoms. The molecule has 1 saturated heterocycles. The molecule has 0 aromatic heterocycles. The first kappa shape index (κ1) is 51.9. The summed E-state index contributed by atoms with van der Waals surface area (Å²) < 4.78 is 11.0. The van der Waals surface area contributed by atoms with Gasteiger partial charge in [-0.25, -0.2) is 0 Å². The summed E-state index contributed by atoms with van der Waals surface area (Å²) in [5.74, 6) is -0.709. The van der Waals surface area contributed by atoms with E-state index in [1.165, 1.54) is 116 Å². The van der Waals surface area contributed by atoms with Crippen molar-refractivity contribution in [2.24, 2.45) is 0 Å². The highest BCUT2D eigenvalue weighted by Crippen LogP contribution is 2.23. The molecule has 0 aromatic rings. The van der Waals surface area contributed by atoms with Crippen LogP contribution in [0.25, 0.3) is 0 Å². The van der Waals surface area contributed by atoms with E-state index in [0.717, 1.165) is 38.5 Å². The average Bonchev–Trinajstić information content (AvgIpc) is 3.18. The molecular weight excluding hydrogens is 702 g/mol. The zero-order valence-electron chi connectivity index (χ0n) is 34.9. The van der Waals surface area contributed by atoms with Crippen molar-refractivity contribution in [2.75, 3.05) is 13.2 Å². The highest BCUT2D eigenvalue weighted by atomic mass is 16.7. The van der Waals surface area contributed by atoms with E-state index in [1.807, 2.05) is 0 Å². The molecule has 326 valence electrons. The van der Waals surface area contributed by atoms with Crippen molar-refractivity contribution in [3.05, 3.63) is 12.2 Å². The third-order valence-corrected chi connectivity index (χ3v) is 11.1. The summed E-state index contributed by atoms with van der Waals surface area (Å²) >= 11 is 0. The maximum Gasteiger partial charge on any atom is 0.249 e. The van der Waals surface area contributed by atoms with Crippen LogP contribution >= 0.6 is 0 Å². The minimum Gasteiger partial charge on any atom is -0.394 e. The maximum atomic E-state index is 13.0. The number of aliphatic hydroxyl groups excluding tert-OH is 7. The number of hydrogen-bond acceptors (Lipinski definition) is 10. The Kier molecular flexibility index (Phi) is 32.9. The molecule has 9 unspecified atom stereocenters. The zero-order chi connectivity index (χ0) is 40.5. The molecule has 0 bridgehead atoms. The van der Waals surface area contributed by atoms with Crippen LogP contribution < -0.4 is 5.32 Å². The number of aliphatic hydroxyl groups is 7. The molecule has 11 heteroatoms. The summed E-state index contributed by atoms with van der Waals surface area (Å²) in [4.78, 5) is 13.0. The van der Waals surface area contributed by atoms with Crippen LogP contribution in [-0.2, 0) is 14.3 Å². The van der Waals surface area contributed by atoms with Gasteiger partial charge in [-0.05, 0) is 38.5 Å². The number of amides is 1. The Hall–Kier alpha value is -1.15. The van der Waals surface area contributed by atoms with E-state index in [4.69, 9.17) is 9.47 Å². The van der Waals surface area contributed by atoms with Crippen molar-refractivity contribution in [2.45, 2.75) is 249 Å². The molecule has 1 heterocycles. The van der Waals surface area contributed by atoms with E-state index in [-0.39, 0.29) is 12.8 Å². The minimum atomic E-state index is -1.66. The molecule has 8 N–H and O–H groups in total. The number of nitrogens with one attached hydrogen (secondary N) is 1. The number of unbranched alkanes of at least 4 members (excludes halogenated alkanes) is 23. The maximum absolute atomic E-state index is 13.0. The number of carbonyl (C=O) groups excluding carboxylic acids is 1. The number of allylic oxidation sites excluding steroid dienone is 2. The Bertz CT molecular complexity index is 908. The van der Waals surface area contributed by atoms with E-state index < -0.39 is 74.2 Å². The van der Waals surface area contributed by atoms with Crippen LogP contribution in [0.5, 0.6) is 0 Å². The van der Waals surface area contributed by atoms with E-state index >= 15 is 0 Å². The lowest BCUT2D eigenvalue weighted by molar-refractivity contribution is -0.303. The molecule has 1 amide bonds. The van der Waals surface area contributed by atoms with Crippen LogP contribution in [-0.4, -0.2) is 110 Å². The largest absolute Gasteiger partial charge is 0.394 e. The first-order valence-corrected chi connectivity index (χ1v) is 22.6. The Balaban J connectivity index is 2.45. The van der Waals surface area contributed by atoms with E-state index in [0.29, 0.717) is 12.8 Å². The van der Waals surface area contributed by atoms with Gasteiger partial charge in [0.2, 0.25) is 5.91 Å². The minimum absolute atomic E-state index is 0.256. The zero-order valence-corrected chi connectivity index (χ0v) is 34.9. The van der Waals surface area contributed by atoms with Gasteiger partial charge in [0, 0.05) is 0 Å². The van der Waals surface area contributed by atoms with Gasteiger partial charge in [-0.1, -0.05) is 167 Å². The second-order valence-corrected chi connectivity index (χ2v) is 16.1. The van der Waals surface area contributed by atoms with E-state index in [9.17, 15) is 40.5 Å². The van der Waals surface area contributed by atoms with Crippen molar-refractivity contribution in [1.29, 1.82) is 0 Å². The summed E-state index contributed by atoms with van der Waals surface area (Å²) in [6.45, 7) is 3.39. The Morgan fingerprint density at radius 1 is 0.618 bits per heavy atom. The molecule has 9 atom stereocenters. The summed E-state index contributed by atoms with van der Waals surface area (Å²) in [6, 6.07) is -1.18. The van der Waals surface area contributed by atoms with Crippen molar-refractivity contribution in [1.82, 2.24) is 5.32 Å². The summed E-state index contributed by atoms with van der Waals surface area (Å²) in [5, 5.41) is 75.4. The second kappa shape index (κ2) is 34.9. The molecule has 0 radical (unpaired) electrons. The first-order valence-electron chi connectivity index (χ1n) is 22.6. The van der Waals surface area contributed by atoms with Crippen LogP contribution in [0.4, 0.5) is 0 Å². The summed E-state index contributed by atoms with van der Waals surface area (Å²) in [5.41, 5.74) is 0. The molecule has 0 aliphatic carbocycles. The smallest absolute Gasteiger partial charge is 0.249 e. The fourth-order valence-corrected chi connectivity index (χ4v) is 7.26. The standard InChI is InChI=1S/C44H85NO10/c1-3-5-7-9-11-13-14-15-16-17-18-19-20-21-22-24-25-27-29-31-36(47)39(49)35(34-54-44-42(52)41(51)40(50)38(33-46)55-44)45-43(53)37(48)32-30-28-26-23-12-10-8-6-4-2/h24-25,35-42,44,46-52H,3-23,26-34H2,1-2H3,(H,45,53)/b25-24+. The number of carbonyl (C=O) groups is 1. The fourth-order valence-electron chi connectivity index (χ4n) is 7.26. The number of ether oxygens (including phenoxy) is 2. The monoisotopic (exact) mass is 788 g/mol. The average molecular weight is 788 g/mol. The van der Waals surface area contributed by atoms with Gasteiger partial charge >= 0.3 is 0 Å². The normalized spacial score (nSPS) is 22.5. The van der Waals surface area contributed by atoms with Crippen LogP contribution in [0, 0.1) is 0 Å². The molecule has 1 aliphatic heterocycles. The van der Waals surface area contributed by atoms with Crippen molar-refractivity contribution >= 4 is 5.91 Å². The van der Waals surface area contributed by atoms with Gasteiger partial charge < -0.3 is 50.5 Å². The van der Waals surface area contributed by atoms with Crippen molar-refractivity contribution < 1.29 is 50.0 Å². The van der Waals surface area contributed by atoms with Gasteiger partial charge in [-0.2, -0.15) is 0 Å². The number of rotatable bonds is 37. The third-order valence-electron chi connectivity index (χ3n) is 11.1. The van der Waals surface area contributed by atoms with E-state index in [1.54, 1.807) is 0 Å². The lowest BCUT2D eigenvalue weighted by atomic mass is 9.98. The second-order valence-electron chi connectivity index (χ2n) is 16.1. The number of hydrogen-bond donors (Lipinski definition) is 8. The highest BCUT2D eigenvalue weighted by molar-refractivity contribution is 5.80. The van der Waals surface area contributed by atoms with E-state index in [2.05, 4.69) is 31.3 Å². The third kappa shape index (κ3) is 25.1. The first-order chi connectivity index (χ1) is 26.7. The molecule has 1 fully saturated rings. The summed E-state index contributed by atoms with van der Waals surface area (Å²) in [6.07, 6.45) is 24.2. The Morgan fingerprint density at radius 3 is 1.56 bits per heavy atom. The molecule has 1 rings (SSSR count). The van der Waals surface area contributed by atoms with Gasteiger partial charge in [0.15, 0.2) is 6.29 Å². The van der Waals surface area contributed by atoms with Crippen LogP contribution in [0.3, 0.4) is 0 Å². The quantitative estimate of drug-likeness (QED) is 0.0243. The molecule has 11 nitrogen and oxygen atoms in total. The predicted octanol–water partition coefficient (Wildman–Crippen LogP) is 6.89. The fraction of sp³-hybridized carbons (Fsp3) is 0.932. The molecule has 1 aliphatic rings. The Morgan fingerprint density at radius 2 is 1.07 bits per heavy atom.